The van der Waals surface area contributed by atoms with Crippen molar-refractivity contribution in [2.24, 2.45) is 5.92 Å². The summed E-state index contributed by atoms with van der Waals surface area (Å²) in [7, 11) is 0. The summed E-state index contributed by atoms with van der Waals surface area (Å²) in [5, 5.41) is 0. The highest BCUT2D eigenvalue weighted by atomic mass is 16.1. The number of nitrogens with zero attached hydrogens (tertiary/aromatic N) is 1. The highest BCUT2D eigenvalue weighted by molar-refractivity contribution is 6.01. The van der Waals surface area contributed by atoms with Crippen LogP contribution in [0.15, 0.2) is 29.8 Å². The fraction of sp³-hybridized carbons (Fsp3) is 0.550. The largest absolute Gasteiger partial charge is 0.303 e. The van der Waals surface area contributed by atoms with Crippen molar-refractivity contribution in [1.82, 2.24) is 4.90 Å². The monoisotopic (exact) mass is 297 g/mol. The minimum atomic E-state index is 0.226. The molecule has 1 aliphatic heterocycles. The number of hydrogen-bond acceptors (Lipinski definition) is 2. The standard InChI is InChI=1S/C20H27NO/c1-16-8-10-17(11-9-16)14-18-6-5-7-19(20(18)22)15-21-12-3-2-4-13-21/h8-11,14,19H,2-7,12-13,15H2,1H3/b18-14+/t19-/m1/s1. The smallest absolute Gasteiger partial charge is 0.163 e. The van der Waals surface area contributed by atoms with Gasteiger partial charge in [0.2, 0.25) is 0 Å². The van der Waals surface area contributed by atoms with Gasteiger partial charge in [0.1, 0.15) is 0 Å². The summed E-state index contributed by atoms with van der Waals surface area (Å²) < 4.78 is 0. The summed E-state index contributed by atoms with van der Waals surface area (Å²) in [4.78, 5) is 15.3. The van der Waals surface area contributed by atoms with E-state index in [2.05, 4.69) is 42.2 Å². The van der Waals surface area contributed by atoms with Crippen molar-refractivity contribution in [1.29, 1.82) is 0 Å². The summed E-state index contributed by atoms with van der Waals surface area (Å²) in [6.07, 6.45) is 9.24. The minimum Gasteiger partial charge on any atom is -0.303 e. The van der Waals surface area contributed by atoms with Gasteiger partial charge in [-0.25, -0.2) is 0 Å². The van der Waals surface area contributed by atoms with Crippen LogP contribution in [0.1, 0.15) is 49.7 Å². The van der Waals surface area contributed by atoms with E-state index in [1.807, 2.05) is 0 Å². The quantitative estimate of drug-likeness (QED) is 0.778. The summed E-state index contributed by atoms with van der Waals surface area (Å²) in [6.45, 7) is 5.43. The maximum atomic E-state index is 12.8. The third kappa shape index (κ3) is 3.86. The van der Waals surface area contributed by atoms with Gasteiger partial charge >= 0.3 is 0 Å². The van der Waals surface area contributed by atoms with Crippen LogP contribution in [0.2, 0.25) is 0 Å². The fourth-order valence-corrected chi connectivity index (χ4v) is 3.69. The Morgan fingerprint density at radius 2 is 1.82 bits per heavy atom. The molecule has 2 heteroatoms. The Hall–Kier alpha value is -1.41. The lowest BCUT2D eigenvalue weighted by atomic mass is 9.83. The second-order valence-corrected chi connectivity index (χ2v) is 6.89. The Labute approximate surface area is 134 Å². The molecule has 1 aliphatic carbocycles. The maximum absolute atomic E-state index is 12.8. The summed E-state index contributed by atoms with van der Waals surface area (Å²) >= 11 is 0. The van der Waals surface area contributed by atoms with Gasteiger partial charge in [-0.2, -0.15) is 0 Å². The van der Waals surface area contributed by atoms with Crippen molar-refractivity contribution in [2.75, 3.05) is 19.6 Å². The number of allylic oxidation sites excluding steroid dienone is 1. The normalized spacial score (nSPS) is 25.6. The molecular formula is C20H27NO. The molecule has 1 saturated heterocycles. The molecule has 2 aliphatic rings. The third-order valence-corrected chi connectivity index (χ3v) is 5.03. The number of Topliss-reactive ketones (excluding diaryl/α,β-unsaturated/α-hetero) is 1. The van der Waals surface area contributed by atoms with Crippen molar-refractivity contribution >= 4 is 11.9 Å². The predicted octanol–water partition coefficient (Wildman–Crippen LogP) is 4.23. The highest BCUT2D eigenvalue weighted by Crippen LogP contribution is 2.28. The number of ketones is 1. The van der Waals surface area contributed by atoms with Crippen molar-refractivity contribution in [3.8, 4) is 0 Å². The summed E-state index contributed by atoms with van der Waals surface area (Å²) in [5.74, 6) is 0.626. The first kappa shape index (κ1) is 15.5. The summed E-state index contributed by atoms with van der Waals surface area (Å²) in [6, 6.07) is 8.46. The van der Waals surface area contributed by atoms with Crippen LogP contribution in [0, 0.1) is 12.8 Å². The van der Waals surface area contributed by atoms with Crippen LogP contribution < -0.4 is 0 Å². The number of aryl methyl sites for hydroxylation is 1. The highest BCUT2D eigenvalue weighted by Gasteiger charge is 2.28. The molecule has 0 radical (unpaired) electrons. The van der Waals surface area contributed by atoms with Crippen molar-refractivity contribution in [2.45, 2.75) is 45.4 Å². The van der Waals surface area contributed by atoms with Crippen LogP contribution in [0.25, 0.3) is 6.08 Å². The molecule has 2 fully saturated rings. The third-order valence-electron chi connectivity index (χ3n) is 5.03. The number of benzene rings is 1. The topological polar surface area (TPSA) is 20.3 Å². The molecule has 1 aromatic carbocycles. The Bertz CT molecular complexity index is 537. The molecule has 0 N–H and O–H groups in total. The first-order chi connectivity index (χ1) is 10.7. The van der Waals surface area contributed by atoms with Gasteiger partial charge in [-0.15, -0.1) is 0 Å². The second-order valence-electron chi connectivity index (χ2n) is 6.89. The van der Waals surface area contributed by atoms with E-state index in [1.165, 1.54) is 37.9 Å². The molecule has 0 spiro atoms. The summed E-state index contributed by atoms with van der Waals surface area (Å²) in [5.41, 5.74) is 3.46. The van der Waals surface area contributed by atoms with E-state index in [0.717, 1.165) is 36.9 Å². The van der Waals surface area contributed by atoms with Crippen molar-refractivity contribution in [3.63, 3.8) is 0 Å². The Balaban J connectivity index is 1.67. The zero-order chi connectivity index (χ0) is 15.4. The second kappa shape index (κ2) is 7.23. The zero-order valence-corrected chi connectivity index (χ0v) is 13.7. The van der Waals surface area contributed by atoms with Crippen LogP contribution >= 0.6 is 0 Å². The van der Waals surface area contributed by atoms with Gasteiger partial charge in [-0.05, 0) is 69.3 Å². The molecule has 0 bridgehead atoms. The molecule has 1 saturated carbocycles. The van der Waals surface area contributed by atoms with Crippen molar-refractivity contribution in [3.05, 3.63) is 41.0 Å². The van der Waals surface area contributed by atoms with Gasteiger partial charge in [-0.3, -0.25) is 4.79 Å². The van der Waals surface area contributed by atoms with Crippen LogP contribution in [0.3, 0.4) is 0 Å². The number of carbonyl (C=O) groups excluding carboxylic acids is 1. The number of rotatable bonds is 3. The number of likely N-dealkylation sites (tertiary alicyclic amines) is 1. The molecule has 0 amide bonds. The minimum absolute atomic E-state index is 0.226. The molecule has 1 aromatic rings. The maximum Gasteiger partial charge on any atom is 0.163 e. The van der Waals surface area contributed by atoms with Gasteiger partial charge in [-0.1, -0.05) is 36.2 Å². The van der Waals surface area contributed by atoms with Crippen molar-refractivity contribution < 1.29 is 4.79 Å². The van der Waals surface area contributed by atoms with Gasteiger partial charge in [0.05, 0.1) is 0 Å². The lowest BCUT2D eigenvalue weighted by molar-refractivity contribution is -0.121. The van der Waals surface area contributed by atoms with E-state index in [-0.39, 0.29) is 5.92 Å². The van der Waals surface area contributed by atoms with E-state index in [9.17, 15) is 4.79 Å². The molecule has 1 heterocycles. The molecular weight excluding hydrogens is 270 g/mol. The van der Waals surface area contributed by atoms with Gasteiger partial charge in [0.25, 0.3) is 0 Å². The van der Waals surface area contributed by atoms with E-state index in [1.54, 1.807) is 0 Å². The molecule has 1 atom stereocenters. The first-order valence-corrected chi connectivity index (χ1v) is 8.76. The number of hydrogen-bond donors (Lipinski definition) is 0. The number of carbonyl (C=O) groups is 1. The molecule has 0 aromatic heterocycles. The van der Waals surface area contributed by atoms with E-state index < -0.39 is 0 Å². The molecule has 0 unspecified atom stereocenters. The molecule has 22 heavy (non-hydrogen) atoms. The van der Waals surface area contributed by atoms with Crippen LogP contribution in [0.5, 0.6) is 0 Å². The van der Waals surface area contributed by atoms with Crippen LogP contribution in [-0.4, -0.2) is 30.3 Å². The molecule has 3 rings (SSSR count). The van der Waals surface area contributed by atoms with Gasteiger partial charge < -0.3 is 4.90 Å². The Morgan fingerprint density at radius 3 is 2.55 bits per heavy atom. The van der Waals surface area contributed by atoms with Crippen LogP contribution in [-0.2, 0) is 4.79 Å². The zero-order valence-electron chi connectivity index (χ0n) is 13.7. The Kier molecular flexibility index (Phi) is 5.09. The lowest BCUT2D eigenvalue weighted by Crippen LogP contribution is -2.38. The first-order valence-electron chi connectivity index (χ1n) is 8.76. The van der Waals surface area contributed by atoms with Gasteiger partial charge in [0, 0.05) is 12.5 Å². The SMILES string of the molecule is Cc1ccc(/C=C2\CCC[C@H](CN3CCCCC3)C2=O)cc1. The van der Waals surface area contributed by atoms with Crippen LogP contribution in [0.4, 0.5) is 0 Å². The van der Waals surface area contributed by atoms with E-state index in [0.29, 0.717) is 5.78 Å². The van der Waals surface area contributed by atoms with E-state index in [4.69, 9.17) is 0 Å². The molecule has 118 valence electrons. The average Bonchev–Trinajstić information content (AvgIpc) is 2.54. The lowest BCUT2D eigenvalue weighted by Gasteiger charge is -2.32. The number of piperidine rings is 1. The average molecular weight is 297 g/mol. The Morgan fingerprint density at radius 1 is 1.09 bits per heavy atom. The molecule has 2 nitrogen and oxygen atoms in total. The van der Waals surface area contributed by atoms with E-state index >= 15 is 0 Å². The fourth-order valence-electron chi connectivity index (χ4n) is 3.69. The van der Waals surface area contributed by atoms with Gasteiger partial charge in [0.15, 0.2) is 5.78 Å². The predicted molar refractivity (Wildman–Crippen MR) is 91.8 cm³/mol.